The van der Waals surface area contributed by atoms with Crippen molar-refractivity contribution in [3.8, 4) is 33.4 Å². The smallest absolute Gasteiger partial charge is 0.0434 e. The van der Waals surface area contributed by atoms with Gasteiger partial charge in [0.25, 0.3) is 0 Å². The van der Waals surface area contributed by atoms with Crippen molar-refractivity contribution in [1.29, 1.82) is 0 Å². The Labute approximate surface area is 276 Å². The van der Waals surface area contributed by atoms with Crippen LogP contribution in [0.4, 0.5) is 0 Å². The highest BCUT2D eigenvalue weighted by molar-refractivity contribution is 7.27. The van der Waals surface area contributed by atoms with E-state index in [1.165, 1.54) is 96.6 Å². The first-order valence-electron chi connectivity index (χ1n) is 16.2. The molecule has 218 valence electrons. The van der Waals surface area contributed by atoms with Crippen molar-refractivity contribution in [3.63, 3.8) is 0 Å². The van der Waals surface area contributed by atoms with E-state index < -0.39 is 0 Å². The monoisotopic (exact) mass is 612 g/mol. The molecule has 0 saturated heterocycles. The molecule has 0 bridgehead atoms. The van der Waals surface area contributed by atoms with Crippen LogP contribution >= 0.6 is 11.3 Å². The summed E-state index contributed by atoms with van der Waals surface area (Å²) < 4.78 is 2.73. The van der Waals surface area contributed by atoms with Crippen LogP contribution in [0, 0.1) is 0 Å². The summed E-state index contributed by atoms with van der Waals surface area (Å²) in [7, 11) is 0. The van der Waals surface area contributed by atoms with Crippen molar-refractivity contribution in [3.05, 3.63) is 170 Å². The van der Waals surface area contributed by atoms with E-state index in [0.717, 1.165) is 0 Å². The van der Waals surface area contributed by atoms with Crippen molar-refractivity contribution in [2.75, 3.05) is 0 Å². The van der Waals surface area contributed by atoms with Crippen molar-refractivity contribution in [2.24, 2.45) is 0 Å². The van der Waals surface area contributed by atoms with Gasteiger partial charge in [-0.1, -0.05) is 158 Å². The van der Waals surface area contributed by atoms with Crippen molar-refractivity contribution >= 4 is 74.6 Å². The first kappa shape index (κ1) is 26.5. The molecule has 1 aromatic heterocycles. The average Bonchev–Trinajstić information content (AvgIpc) is 3.54. The van der Waals surface area contributed by atoms with E-state index in [1.54, 1.807) is 0 Å². The van der Waals surface area contributed by atoms with Crippen LogP contribution in [0.1, 0.15) is 0 Å². The Hall–Kier alpha value is -5.76. The highest BCUT2D eigenvalue weighted by Crippen LogP contribution is 2.45. The minimum absolute atomic E-state index is 1.23. The lowest BCUT2D eigenvalue weighted by molar-refractivity contribution is 1.63. The molecule has 9 aromatic carbocycles. The lowest BCUT2D eigenvalue weighted by atomic mass is 9.85. The summed E-state index contributed by atoms with van der Waals surface area (Å²) in [5, 5.41) is 13.0. The SMILES string of the molecule is c1ccc(-c2c3ccccc3c(-c3cccc(-c4ccc5ccc6c7ccc8ccccc8c7sc6c5c4)c3)c3ccccc23)cc1. The second kappa shape index (κ2) is 10.4. The van der Waals surface area contributed by atoms with Gasteiger partial charge in [0.15, 0.2) is 0 Å². The zero-order valence-corrected chi connectivity index (χ0v) is 26.4. The molecule has 0 radical (unpaired) electrons. The van der Waals surface area contributed by atoms with E-state index in [-0.39, 0.29) is 0 Å². The summed E-state index contributed by atoms with van der Waals surface area (Å²) >= 11 is 1.93. The number of thiophene rings is 1. The minimum atomic E-state index is 1.23. The second-order valence-electron chi connectivity index (χ2n) is 12.4. The molecular weight excluding hydrogens is 585 g/mol. The van der Waals surface area contributed by atoms with Gasteiger partial charge in [0.2, 0.25) is 0 Å². The number of hydrogen-bond acceptors (Lipinski definition) is 1. The maximum absolute atomic E-state index is 2.41. The number of hydrogen-bond donors (Lipinski definition) is 0. The summed E-state index contributed by atoms with van der Waals surface area (Å²) in [5.41, 5.74) is 7.54. The van der Waals surface area contributed by atoms with E-state index in [0.29, 0.717) is 0 Å². The maximum atomic E-state index is 2.41. The Bertz CT molecular complexity index is 2780. The van der Waals surface area contributed by atoms with Crippen molar-refractivity contribution < 1.29 is 0 Å². The Morgan fingerprint density at radius 1 is 0.255 bits per heavy atom. The Kier molecular flexibility index (Phi) is 5.85. The fraction of sp³-hybridized carbons (Fsp3) is 0. The molecule has 0 fully saturated rings. The summed E-state index contributed by atoms with van der Waals surface area (Å²) in [5.74, 6) is 0. The quantitative estimate of drug-likeness (QED) is 0.174. The topological polar surface area (TPSA) is 0 Å². The Balaban J connectivity index is 1.19. The van der Waals surface area contributed by atoms with E-state index in [1.807, 2.05) is 11.3 Å². The summed E-state index contributed by atoms with van der Waals surface area (Å²) in [6, 6.07) is 62.6. The summed E-state index contributed by atoms with van der Waals surface area (Å²) in [4.78, 5) is 0. The van der Waals surface area contributed by atoms with Crippen molar-refractivity contribution in [1.82, 2.24) is 0 Å². The largest absolute Gasteiger partial charge is 0.134 e. The molecule has 0 aliphatic carbocycles. The summed E-state index contributed by atoms with van der Waals surface area (Å²) in [6.45, 7) is 0. The molecule has 0 N–H and O–H groups in total. The van der Waals surface area contributed by atoms with Crippen LogP contribution in [0.2, 0.25) is 0 Å². The van der Waals surface area contributed by atoms with Gasteiger partial charge in [0.05, 0.1) is 0 Å². The highest BCUT2D eigenvalue weighted by Gasteiger charge is 2.17. The van der Waals surface area contributed by atoms with E-state index in [4.69, 9.17) is 0 Å². The van der Waals surface area contributed by atoms with Gasteiger partial charge < -0.3 is 0 Å². The molecule has 10 rings (SSSR count). The van der Waals surface area contributed by atoms with Gasteiger partial charge in [0.1, 0.15) is 0 Å². The van der Waals surface area contributed by atoms with Gasteiger partial charge in [-0.2, -0.15) is 0 Å². The van der Waals surface area contributed by atoms with Crippen LogP contribution in [-0.2, 0) is 0 Å². The molecule has 47 heavy (non-hydrogen) atoms. The summed E-state index contributed by atoms with van der Waals surface area (Å²) in [6.07, 6.45) is 0. The number of benzene rings is 9. The van der Waals surface area contributed by atoms with Gasteiger partial charge in [-0.25, -0.2) is 0 Å². The van der Waals surface area contributed by atoms with Crippen LogP contribution in [-0.4, -0.2) is 0 Å². The van der Waals surface area contributed by atoms with Crippen LogP contribution in [0.15, 0.2) is 170 Å². The molecule has 10 aromatic rings. The molecule has 0 nitrogen and oxygen atoms in total. The van der Waals surface area contributed by atoms with Crippen LogP contribution in [0.25, 0.3) is 96.6 Å². The molecule has 0 atom stereocenters. The first-order valence-corrected chi connectivity index (χ1v) is 17.0. The first-order chi connectivity index (χ1) is 23.3. The van der Waals surface area contributed by atoms with Gasteiger partial charge in [-0.15, -0.1) is 11.3 Å². The lowest BCUT2D eigenvalue weighted by Crippen LogP contribution is -1.91. The molecule has 0 spiro atoms. The minimum Gasteiger partial charge on any atom is -0.134 e. The molecule has 0 amide bonds. The lowest BCUT2D eigenvalue weighted by Gasteiger charge is -2.18. The van der Waals surface area contributed by atoms with Gasteiger partial charge in [0, 0.05) is 25.6 Å². The standard InChI is InChI=1S/C46H28S/c1-2-12-31(13-3-1)43-36-17-6-8-19-38(36)44(39-20-9-7-18-37(39)43)34-15-10-14-32(27-34)33-22-21-30-24-26-41-40-25-23-29-11-4-5-16-35(29)45(40)47-46(41)42(30)28-33/h1-28H. The highest BCUT2D eigenvalue weighted by atomic mass is 32.1. The molecule has 1 heterocycles. The van der Waals surface area contributed by atoms with Crippen LogP contribution in [0.3, 0.4) is 0 Å². The third kappa shape index (κ3) is 4.07. The van der Waals surface area contributed by atoms with Crippen molar-refractivity contribution in [2.45, 2.75) is 0 Å². The van der Waals surface area contributed by atoms with E-state index >= 15 is 0 Å². The molecule has 0 saturated carbocycles. The Morgan fingerprint density at radius 3 is 1.40 bits per heavy atom. The zero-order chi connectivity index (χ0) is 30.9. The molecular formula is C46H28S. The molecule has 0 aliphatic rings. The number of rotatable bonds is 3. The molecule has 0 unspecified atom stereocenters. The van der Waals surface area contributed by atoms with Gasteiger partial charge >= 0.3 is 0 Å². The van der Waals surface area contributed by atoms with Crippen LogP contribution in [0.5, 0.6) is 0 Å². The van der Waals surface area contributed by atoms with Gasteiger partial charge in [-0.05, 0) is 83.2 Å². The fourth-order valence-corrected chi connectivity index (χ4v) is 9.03. The van der Waals surface area contributed by atoms with Crippen LogP contribution < -0.4 is 0 Å². The molecule has 0 aliphatic heterocycles. The third-order valence-corrected chi connectivity index (χ3v) is 11.1. The fourth-order valence-electron chi connectivity index (χ4n) is 7.67. The predicted molar refractivity (Wildman–Crippen MR) is 206 cm³/mol. The maximum Gasteiger partial charge on any atom is 0.0434 e. The second-order valence-corrected chi connectivity index (χ2v) is 13.5. The normalized spacial score (nSPS) is 11.8. The Morgan fingerprint density at radius 2 is 0.723 bits per heavy atom. The third-order valence-electron chi connectivity index (χ3n) is 9.82. The predicted octanol–water partition coefficient (Wildman–Crippen LogP) is 13.7. The van der Waals surface area contributed by atoms with E-state index in [2.05, 4.69) is 170 Å². The zero-order valence-electron chi connectivity index (χ0n) is 25.6. The number of fused-ring (bicyclic) bond motifs is 9. The molecule has 1 heteroatoms. The van der Waals surface area contributed by atoms with E-state index in [9.17, 15) is 0 Å². The average molecular weight is 613 g/mol. The van der Waals surface area contributed by atoms with Gasteiger partial charge in [-0.3, -0.25) is 0 Å².